The molecule has 0 unspecified atom stereocenters. The van der Waals surface area contributed by atoms with Crippen molar-refractivity contribution in [2.45, 2.75) is 32.6 Å². The molecule has 0 aliphatic carbocycles. The van der Waals surface area contributed by atoms with E-state index in [9.17, 15) is 0 Å². The molecule has 2 rings (SSSR count). The molecular weight excluding hydrogens is 332 g/mol. The van der Waals surface area contributed by atoms with E-state index < -0.39 is 0 Å². The SMILES string of the molecule is CC(C)(C)c1nc(Br)cc(Oc2ccc(CCO)cc2)n1. The number of hydrogen-bond acceptors (Lipinski definition) is 4. The summed E-state index contributed by atoms with van der Waals surface area (Å²) >= 11 is 3.39. The average molecular weight is 351 g/mol. The fourth-order valence-corrected chi connectivity index (χ4v) is 2.12. The molecule has 1 aromatic heterocycles. The highest BCUT2D eigenvalue weighted by Crippen LogP contribution is 2.26. The second-order valence-electron chi connectivity index (χ2n) is 5.82. The van der Waals surface area contributed by atoms with Crippen molar-refractivity contribution in [2.75, 3.05) is 6.61 Å². The molecule has 112 valence electrons. The Hall–Kier alpha value is -1.46. The Bertz CT molecular complexity index is 607. The second-order valence-corrected chi connectivity index (χ2v) is 6.63. The zero-order chi connectivity index (χ0) is 15.5. The minimum atomic E-state index is -0.146. The normalized spacial score (nSPS) is 11.5. The topological polar surface area (TPSA) is 55.2 Å². The first-order chi connectivity index (χ1) is 9.88. The van der Waals surface area contributed by atoms with Gasteiger partial charge in [-0.1, -0.05) is 32.9 Å². The summed E-state index contributed by atoms with van der Waals surface area (Å²) in [7, 11) is 0. The van der Waals surface area contributed by atoms with Gasteiger partial charge in [-0.15, -0.1) is 0 Å². The molecule has 2 aromatic rings. The van der Waals surface area contributed by atoms with E-state index in [1.165, 1.54) is 0 Å². The van der Waals surface area contributed by atoms with Crippen molar-refractivity contribution in [1.82, 2.24) is 9.97 Å². The second kappa shape index (κ2) is 6.54. The fourth-order valence-electron chi connectivity index (χ4n) is 1.76. The van der Waals surface area contributed by atoms with Gasteiger partial charge in [-0.2, -0.15) is 4.98 Å². The van der Waals surface area contributed by atoms with Crippen LogP contribution >= 0.6 is 15.9 Å². The van der Waals surface area contributed by atoms with E-state index in [0.717, 1.165) is 11.4 Å². The molecule has 1 N–H and O–H groups in total. The zero-order valence-corrected chi connectivity index (χ0v) is 14.0. The van der Waals surface area contributed by atoms with Gasteiger partial charge in [0.15, 0.2) is 0 Å². The third kappa shape index (κ3) is 4.51. The lowest BCUT2D eigenvalue weighted by Crippen LogP contribution is -2.16. The Morgan fingerprint density at radius 2 is 1.81 bits per heavy atom. The third-order valence-corrected chi connectivity index (χ3v) is 3.29. The third-order valence-electron chi connectivity index (χ3n) is 2.89. The Morgan fingerprint density at radius 1 is 1.14 bits per heavy atom. The molecule has 0 amide bonds. The Labute approximate surface area is 133 Å². The van der Waals surface area contributed by atoms with E-state index in [4.69, 9.17) is 9.84 Å². The molecule has 0 radical (unpaired) electrons. The van der Waals surface area contributed by atoms with Crippen molar-refractivity contribution < 1.29 is 9.84 Å². The van der Waals surface area contributed by atoms with Gasteiger partial charge in [0, 0.05) is 18.1 Å². The Balaban J connectivity index is 2.21. The van der Waals surface area contributed by atoms with E-state index in [2.05, 4.69) is 46.7 Å². The van der Waals surface area contributed by atoms with Crippen molar-refractivity contribution in [3.63, 3.8) is 0 Å². The number of aliphatic hydroxyl groups is 1. The number of nitrogens with zero attached hydrogens (tertiary/aromatic N) is 2. The summed E-state index contributed by atoms with van der Waals surface area (Å²) < 4.78 is 6.49. The van der Waals surface area contributed by atoms with Crippen molar-refractivity contribution in [3.05, 3.63) is 46.3 Å². The molecule has 4 nitrogen and oxygen atoms in total. The van der Waals surface area contributed by atoms with Gasteiger partial charge in [0.1, 0.15) is 16.2 Å². The van der Waals surface area contributed by atoms with Gasteiger partial charge in [0.25, 0.3) is 0 Å². The van der Waals surface area contributed by atoms with Crippen LogP contribution in [0, 0.1) is 0 Å². The molecule has 0 atom stereocenters. The van der Waals surface area contributed by atoms with Gasteiger partial charge in [-0.25, -0.2) is 4.98 Å². The summed E-state index contributed by atoms with van der Waals surface area (Å²) in [6.45, 7) is 6.32. The lowest BCUT2D eigenvalue weighted by atomic mass is 9.96. The van der Waals surface area contributed by atoms with Crippen LogP contribution in [0.25, 0.3) is 0 Å². The summed E-state index contributed by atoms with van der Waals surface area (Å²) in [5, 5.41) is 8.91. The summed E-state index contributed by atoms with van der Waals surface area (Å²) in [6, 6.07) is 9.37. The predicted molar refractivity (Wildman–Crippen MR) is 85.7 cm³/mol. The van der Waals surface area contributed by atoms with E-state index in [-0.39, 0.29) is 12.0 Å². The van der Waals surface area contributed by atoms with Gasteiger partial charge in [0.2, 0.25) is 5.88 Å². The van der Waals surface area contributed by atoms with Gasteiger partial charge >= 0.3 is 0 Å². The van der Waals surface area contributed by atoms with Crippen LogP contribution in [0.2, 0.25) is 0 Å². The Morgan fingerprint density at radius 3 is 2.38 bits per heavy atom. The van der Waals surface area contributed by atoms with Crippen LogP contribution in [-0.2, 0) is 11.8 Å². The summed E-state index contributed by atoms with van der Waals surface area (Å²) in [4.78, 5) is 8.84. The molecule has 5 heteroatoms. The maximum Gasteiger partial charge on any atom is 0.223 e. The average Bonchev–Trinajstić information content (AvgIpc) is 2.40. The minimum Gasteiger partial charge on any atom is -0.439 e. The molecule has 0 aliphatic rings. The number of aliphatic hydroxyl groups excluding tert-OH is 1. The monoisotopic (exact) mass is 350 g/mol. The van der Waals surface area contributed by atoms with Gasteiger partial charge in [-0.3, -0.25) is 0 Å². The number of halogens is 1. The first-order valence-electron chi connectivity index (χ1n) is 6.81. The van der Waals surface area contributed by atoms with Crippen LogP contribution in [0.1, 0.15) is 32.2 Å². The molecule has 1 heterocycles. The molecule has 0 spiro atoms. The Kier molecular flexibility index (Phi) is 4.96. The highest BCUT2D eigenvalue weighted by molar-refractivity contribution is 9.10. The number of ether oxygens (including phenoxy) is 1. The number of hydrogen-bond donors (Lipinski definition) is 1. The lowest BCUT2D eigenvalue weighted by Gasteiger charge is -2.17. The van der Waals surface area contributed by atoms with E-state index in [0.29, 0.717) is 22.7 Å². The van der Waals surface area contributed by atoms with Crippen LogP contribution < -0.4 is 4.74 Å². The first-order valence-corrected chi connectivity index (χ1v) is 7.60. The molecule has 0 saturated carbocycles. The molecule has 0 fully saturated rings. The highest BCUT2D eigenvalue weighted by atomic mass is 79.9. The van der Waals surface area contributed by atoms with Crippen molar-refractivity contribution in [3.8, 4) is 11.6 Å². The number of aromatic nitrogens is 2. The van der Waals surface area contributed by atoms with Crippen LogP contribution in [0.3, 0.4) is 0 Å². The van der Waals surface area contributed by atoms with Gasteiger partial charge in [-0.05, 0) is 40.0 Å². The van der Waals surface area contributed by atoms with E-state index >= 15 is 0 Å². The maximum atomic E-state index is 8.91. The fraction of sp³-hybridized carbons (Fsp3) is 0.375. The van der Waals surface area contributed by atoms with Gasteiger partial charge < -0.3 is 9.84 Å². The van der Waals surface area contributed by atoms with Gasteiger partial charge in [0.05, 0.1) is 0 Å². The van der Waals surface area contributed by atoms with Crippen LogP contribution in [-0.4, -0.2) is 21.7 Å². The van der Waals surface area contributed by atoms with Crippen LogP contribution in [0.5, 0.6) is 11.6 Å². The van der Waals surface area contributed by atoms with Crippen molar-refractivity contribution >= 4 is 15.9 Å². The quantitative estimate of drug-likeness (QED) is 0.850. The molecular formula is C16H19BrN2O2. The summed E-state index contributed by atoms with van der Waals surface area (Å²) in [6.07, 6.45) is 0.646. The highest BCUT2D eigenvalue weighted by Gasteiger charge is 2.19. The number of benzene rings is 1. The van der Waals surface area contributed by atoms with Crippen LogP contribution in [0.4, 0.5) is 0 Å². The standard InChI is InChI=1S/C16H19BrN2O2/c1-16(2,3)15-18-13(17)10-14(19-15)21-12-6-4-11(5-7-12)8-9-20/h4-7,10,20H,8-9H2,1-3H3. The lowest BCUT2D eigenvalue weighted by molar-refractivity contribution is 0.299. The predicted octanol–water partition coefficient (Wildman–Crippen LogP) is 3.86. The largest absolute Gasteiger partial charge is 0.439 e. The van der Waals surface area contributed by atoms with E-state index in [1.807, 2.05) is 24.3 Å². The van der Waals surface area contributed by atoms with Crippen molar-refractivity contribution in [2.24, 2.45) is 0 Å². The molecule has 21 heavy (non-hydrogen) atoms. The minimum absolute atomic E-state index is 0.146. The molecule has 0 aliphatic heterocycles. The maximum absolute atomic E-state index is 8.91. The molecule has 0 saturated heterocycles. The number of rotatable bonds is 4. The summed E-state index contributed by atoms with van der Waals surface area (Å²) in [5.41, 5.74) is 0.927. The van der Waals surface area contributed by atoms with E-state index in [1.54, 1.807) is 6.07 Å². The zero-order valence-electron chi connectivity index (χ0n) is 12.4. The first kappa shape index (κ1) is 15.9. The van der Waals surface area contributed by atoms with Crippen molar-refractivity contribution in [1.29, 1.82) is 0 Å². The smallest absolute Gasteiger partial charge is 0.223 e. The molecule has 1 aromatic carbocycles. The van der Waals surface area contributed by atoms with Crippen LogP contribution in [0.15, 0.2) is 34.9 Å². The molecule has 0 bridgehead atoms. The summed E-state index contributed by atoms with van der Waals surface area (Å²) in [5.74, 6) is 1.95.